The number of hydrogen-bond acceptors (Lipinski definition) is 6. The van der Waals surface area contributed by atoms with Gasteiger partial charge in [-0.2, -0.15) is 0 Å². The van der Waals surface area contributed by atoms with Gasteiger partial charge < -0.3 is 14.2 Å². The molecule has 1 N–H and O–H groups in total. The lowest BCUT2D eigenvalue weighted by Gasteiger charge is -2.13. The number of carbonyl (C=O) groups is 1. The second-order valence-corrected chi connectivity index (χ2v) is 7.30. The number of nitrogens with one attached hydrogen (secondary N) is 1. The van der Waals surface area contributed by atoms with Crippen molar-refractivity contribution in [1.29, 1.82) is 0 Å². The average molecular weight is 384 g/mol. The highest BCUT2D eigenvalue weighted by Gasteiger charge is 2.24. The third-order valence-electron chi connectivity index (χ3n) is 3.62. The lowest BCUT2D eigenvalue weighted by Crippen LogP contribution is -2.13. The Morgan fingerprint density at radius 3 is 2.52 bits per heavy atom. The van der Waals surface area contributed by atoms with Crippen molar-refractivity contribution in [1.82, 2.24) is 0 Å². The molecule has 0 saturated carbocycles. The quantitative estimate of drug-likeness (QED) is 0.630. The van der Waals surface area contributed by atoms with E-state index < -0.39 is 16.0 Å². The first-order valence-electron chi connectivity index (χ1n) is 7.12. The van der Waals surface area contributed by atoms with Crippen molar-refractivity contribution >= 4 is 33.3 Å². The van der Waals surface area contributed by atoms with Crippen molar-refractivity contribution in [2.45, 2.75) is 11.3 Å². The second-order valence-electron chi connectivity index (χ2n) is 5.21. The van der Waals surface area contributed by atoms with Crippen LogP contribution in [0.5, 0.6) is 17.2 Å². The molecule has 0 bridgehead atoms. The number of hydrogen-bond donors (Lipinski definition) is 1. The summed E-state index contributed by atoms with van der Waals surface area (Å²) in [6.45, 7) is 0. The predicted octanol–water partition coefficient (Wildman–Crippen LogP) is 2.62. The molecule has 0 fully saturated rings. The van der Waals surface area contributed by atoms with Crippen LogP contribution in [0.4, 0.5) is 5.69 Å². The molecule has 1 heterocycles. The third kappa shape index (κ3) is 3.35. The SMILES string of the molecule is COc1ccc(S(=O)(=O)Nc2cc3c(cc2Cl)CC(=O)O3)cc1OC. The van der Waals surface area contributed by atoms with Crippen molar-refractivity contribution in [2.24, 2.45) is 0 Å². The summed E-state index contributed by atoms with van der Waals surface area (Å²) in [5.41, 5.74) is 0.731. The van der Waals surface area contributed by atoms with Crippen molar-refractivity contribution < 1.29 is 27.4 Å². The zero-order valence-corrected chi connectivity index (χ0v) is 14.9. The van der Waals surface area contributed by atoms with Gasteiger partial charge in [0.15, 0.2) is 11.5 Å². The van der Waals surface area contributed by atoms with E-state index in [9.17, 15) is 13.2 Å². The molecule has 9 heteroatoms. The molecule has 0 aromatic heterocycles. The molecule has 0 unspecified atom stereocenters. The molecule has 0 aliphatic carbocycles. The van der Waals surface area contributed by atoms with Crippen LogP contribution in [-0.4, -0.2) is 28.6 Å². The van der Waals surface area contributed by atoms with Crippen LogP contribution in [0.3, 0.4) is 0 Å². The van der Waals surface area contributed by atoms with Crippen LogP contribution < -0.4 is 18.9 Å². The Morgan fingerprint density at radius 1 is 1.12 bits per heavy atom. The van der Waals surface area contributed by atoms with Crippen LogP contribution in [0.25, 0.3) is 0 Å². The molecule has 1 aliphatic rings. The molecule has 2 aromatic rings. The lowest BCUT2D eigenvalue weighted by molar-refractivity contribution is -0.131. The lowest BCUT2D eigenvalue weighted by atomic mass is 10.1. The molecular weight excluding hydrogens is 370 g/mol. The van der Waals surface area contributed by atoms with Crippen molar-refractivity contribution in [3.63, 3.8) is 0 Å². The van der Waals surface area contributed by atoms with Gasteiger partial charge in [0, 0.05) is 17.7 Å². The van der Waals surface area contributed by atoms with Gasteiger partial charge in [-0.3, -0.25) is 9.52 Å². The fourth-order valence-electron chi connectivity index (χ4n) is 2.41. The summed E-state index contributed by atoms with van der Waals surface area (Å²) >= 11 is 6.12. The summed E-state index contributed by atoms with van der Waals surface area (Å²) in [6, 6.07) is 7.10. The number of benzene rings is 2. The van der Waals surface area contributed by atoms with Gasteiger partial charge in [-0.1, -0.05) is 11.6 Å². The summed E-state index contributed by atoms with van der Waals surface area (Å²) in [6.07, 6.45) is 0.109. The number of anilines is 1. The minimum atomic E-state index is -3.93. The Balaban J connectivity index is 1.95. The van der Waals surface area contributed by atoms with Gasteiger partial charge in [-0.05, 0) is 18.2 Å². The van der Waals surface area contributed by atoms with E-state index in [0.29, 0.717) is 17.1 Å². The first-order chi connectivity index (χ1) is 11.8. The normalized spacial score (nSPS) is 13.2. The fraction of sp³-hybridized carbons (Fsp3) is 0.188. The maximum atomic E-state index is 12.6. The molecule has 0 spiro atoms. The minimum Gasteiger partial charge on any atom is -0.493 e. The summed E-state index contributed by atoms with van der Waals surface area (Å²) in [4.78, 5) is 11.3. The van der Waals surface area contributed by atoms with Crippen LogP contribution in [0.1, 0.15) is 5.56 Å². The van der Waals surface area contributed by atoms with Gasteiger partial charge in [-0.15, -0.1) is 0 Å². The van der Waals surface area contributed by atoms with Crippen LogP contribution in [0, 0.1) is 0 Å². The van der Waals surface area contributed by atoms with Gasteiger partial charge in [0.1, 0.15) is 5.75 Å². The van der Waals surface area contributed by atoms with Crippen LogP contribution >= 0.6 is 11.6 Å². The Morgan fingerprint density at radius 2 is 1.84 bits per heavy atom. The summed E-state index contributed by atoms with van der Waals surface area (Å²) in [5.74, 6) is 0.564. The number of halogens is 1. The zero-order valence-electron chi connectivity index (χ0n) is 13.3. The number of esters is 1. The van der Waals surface area contributed by atoms with E-state index in [0.717, 1.165) is 0 Å². The molecule has 2 aromatic carbocycles. The summed E-state index contributed by atoms with van der Waals surface area (Å²) in [7, 11) is -1.07. The first-order valence-corrected chi connectivity index (χ1v) is 8.98. The van der Waals surface area contributed by atoms with Gasteiger partial charge in [0.2, 0.25) is 0 Å². The third-order valence-corrected chi connectivity index (χ3v) is 5.29. The molecular formula is C16H14ClNO6S. The number of methoxy groups -OCH3 is 2. The Kier molecular flexibility index (Phi) is 4.49. The molecule has 3 rings (SSSR count). The number of ether oxygens (including phenoxy) is 3. The molecule has 0 saturated heterocycles. The highest BCUT2D eigenvalue weighted by Crippen LogP contribution is 2.36. The Labute approximate surface area is 149 Å². The first kappa shape index (κ1) is 17.4. The van der Waals surface area contributed by atoms with Crippen molar-refractivity contribution in [3.8, 4) is 17.2 Å². The molecule has 7 nitrogen and oxygen atoms in total. The number of fused-ring (bicyclic) bond motifs is 1. The number of sulfonamides is 1. The van der Waals surface area contributed by atoms with Gasteiger partial charge in [-0.25, -0.2) is 8.42 Å². The molecule has 132 valence electrons. The van der Waals surface area contributed by atoms with Gasteiger partial charge in [0.25, 0.3) is 10.0 Å². The van der Waals surface area contributed by atoms with E-state index in [4.69, 9.17) is 25.8 Å². The Bertz CT molecular complexity index is 957. The number of carbonyl (C=O) groups excluding carboxylic acids is 1. The maximum Gasteiger partial charge on any atom is 0.315 e. The van der Waals surface area contributed by atoms with Crippen molar-refractivity contribution in [2.75, 3.05) is 18.9 Å². The molecule has 0 atom stereocenters. The smallest absolute Gasteiger partial charge is 0.315 e. The van der Waals surface area contributed by atoms with E-state index in [1.54, 1.807) is 0 Å². The van der Waals surface area contributed by atoms with E-state index in [2.05, 4.69) is 4.72 Å². The fourth-order valence-corrected chi connectivity index (χ4v) is 3.78. The highest BCUT2D eigenvalue weighted by molar-refractivity contribution is 7.92. The summed E-state index contributed by atoms with van der Waals surface area (Å²) in [5, 5.41) is 0.168. The van der Waals surface area contributed by atoms with Crippen molar-refractivity contribution in [3.05, 3.63) is 40.9 Å². The average Bonchev–Trinajstić information content (AvgIpc) is 2.93. The van der Waals surface area contributed by atoms with E-state index >= 15 is 0 Å². The zero-order chi connectivity index (χ0) is 18.2. The van der Waals surface area contributed by atoms with E-state index in [1.165, 1.54) is 44.6 Å². The molecule has 0 amide bonds. The number of rotatable bonds is 5. The maximum absolute atomic E-state index is 12.6. The monoisotopic (exact) mass is 383 g/mol. The predicted molar refractivity (Wildman–Crippen MR) is 91.1 cm³/mol. The molecule has 25 heavy (non-hydrogen) atoms. The second kappa shape index (κ2) is 6.45. The van der Waals surface area contributed by atoms with Crippen LogP contribution in [0.15, 0.2) is 35.2 Å². The topological polar surface area (TPSA) is 90.9 Å². The van der Waals surface area contributed by atoms with Crippen LogP contribution in [-0.2, 0) is 21.2 Å². The van der Waals surface area contributed by atoms with E-state index in [1.807, 2.05) is 0 Å². The summed E-state index contributed by atoms with van der Waals surface area (Å²) < 4.78 is 42.8. The molecule has 1 aliphatic heterocycles. The molecule has 0 radical (unpaired) electrons. The highest BCUT2D eigenvalue weighted by atomic mass is 35.5. The standard InChI is InChI=1S/C16H14ClNO6S/c1-22-13-4-3-10(7-15(13)23-2)25(20,21)18-12-8-14-9(5-11(12)17)6-16(19)24-14/h3-5,7-8,18H,6H2,1-2H3. The van der Waals surface area contributed by atoms with Gasteiger partial charge in [0.05, 0.1) is 36.2 Å². The largest absolute Gasteiger partial charge is 0.493 e. The Hall–Kier alpha value is -2.45. The minimum absolute atomic E-state index is 0.0290. The van der Waals surface area contributed by atoms with E-state index in [-0.39, 0.29) is 27.8 Å². The van der Waals surface area contributed by atoms with Crippen LogP contribution in [0.2, 0.25) is 5.02 Å². The van der Waals surface area contributed by atoms with Gasteiger partial charge >= 0.3 is 5.97 Å².